The molecule has 0 aliphatic carbocycles. The zero-order valence-corrected chi connectivity index (χ0v) is 31.9. The molecule has 11 rings (SSSR count). The monoisotopic (exact) mass is 757 g/mol. The maximum Gasteiger partial charge on any atom is 0.187 e. The standard InChI is InChI=1S/C52H31N5S/c1-53-38-19-12-18-36(31-38)51-54-50(35-17-11-16-34(30-35)40-23-13-24-44-43-22-7-10-27-48(43)58-49(40)44)55-52(56-51)37-28-29-39(33-14-3-2-4-15-33)47(32-37)57-45-25-8-5-20-41(45)42-21-6-9-26-46(42)57/h2-32H. The maximum absolute atomic E-state index is 7.72. The Balaban J connectivity index is 1.13. The van der Waals surface area contributed by atoms with Crippen LogP contribution in [-0.4, -0.2) is 19.5 Å². The summed E-state index contributed by atoms with van der Waals surface area (Å²) < 4.78 is 4.88. The fourth-order valence-electron chi connectivity index (χ4n) is 8.18. The lowest BCUT2D eigenvalue weighted by Gasteiger charge is -2.16. The van der Waals surface area contributed by atoms with Crippen molar-refractivity contribution < 1.29 is 0 Å². The van der Waals surface area contributed by atoms with E-state index in [-0.39, 0.29) is 0 Å². The lowest BCUT2D eigenvalue weighted by Crippen LogP contribution is -2.02. The first-order chi connectivity index (χ1) is 28.7. The van der Waals surface area contributed by atoms with Gasteiger partial charge in [0.2, 0.25) is 0 Å². The molecule has 0 radical (unpaired) electrons. The van der Waals surface area contributed by atoms with Crippen molar-refractivity contribution in [2.24, 2.45) is 0 Å². The average Bonchev–Trinajstić information content (AvgIpc) is 3.85. The van der Waals surface area contributed by atoms with Gasteiger partial charge in [0, 0.05) is 53.2 Å². The van der Waals surface area contributed by atoms with Gasteiger partial charge in [-0.05, 0) is 53.1 Å². The van der Waals surface area contributed by atoms with E-state index in [2.05, 4.69) is 167 Å². The molecule has 3 aromatic heterocycles. The van der Waals surface area contributed by atoms with E-state index < -0.39 is 0 Å². The van der Waals surface area contributed by atoms with Gasteiger partial charge in [0.15, 0.2) is 23.2 Å². The Morgan fingerprint density at radius 1 is 0.414 bits per heavy atom. The van der Waals surface area contributed by atoms with Crippen LogP contribution in [0.1, 0.15) is 0 Å². The van der Waals surface area contributed by atoms with Crippen LogP contribution in [0.2, 0.25) is 0 Å². The SMILES string of the molecule is [C-]#[N+]c1cccc(-c2nc(-c3cccc(-c4cccc5c4sc4ccccc45)c3)nc(-c3ccc(-c4ccccc4)c(-n4c5ccccc5c5ccccc54)c3)n2)c1. The topological polar surface area (TPSA) is 48.0 Å². The molecular formula is C52H31N5S. The third-order valence-electron chi connectivity index (χ3n) is 10.9. The van der Waals surface area contributed by atoms with Crippen LogP contribution in [-0.2, 0) is 0 Å². The molecule has 58 heavy (non-hydrogen) atoms. The Morgan fingerprint density at radius 2 is 0.966 bits per heavy atom. The van der Waals surface area contributed by atoms with E-state index in [1.54, 1.807) is 6.07 Å². The quantitative estimate of drug-likeness (QED) is 0.159. The van der Waals surface area contributed by atoms with Crippen LogP contribution < -0.4 is 0 Å². The van der Waals surface area contributed by atoms with Crippen LogP contribution in [0.5, 0.6) is 0 Å². The molecule has 6 heteroatoms. The molecule has 8 aromatic carbocycles. The molecule has 3 heterocycles. The Labute approximate surface area is 338 Å². The Morgan fingerprint density at radius 3 is 1.69 bits per heavy atom. The van der Waals surface area contributed by atoms with Gasteiger partial charge in [0.1, 0.15) is 0 Å². The molecule has 0 atom stereocenters. The minimum atomic E-state index is 0.507. The van der Waals surface area contributed by atoms with Crippen molar-refractivity contribution in [1.82, 2.24) is 19.5 Å². The van der Waals surface area contributed by atoms with E-state index in [1.165, 1.54) is 36.5 Å². The fraction of sp³-hybridized carbons (Fsp3) is 0. The highest BCUT2D eigenvalue weighted by atomic mass is 32.1. The number of thiophene rings is 1. The molecule has 0 fully saturated rings. The third-order valence-corrected chi connectivity index (χ3v) is 12.1. The van der Waals surface area contributed by atoms with Gasteiger partial charge in [-0.1, -0.05) is 152 Å². The van der Waals surface area contributed by atoms with Crippen LogP contribution in [0.25, 0.3) is 109 Å². The van der Waals surface area contributed by atoms with E-state index in [9.17, 15) is 0 Å². The first-order valence-corrected chi connectivity index (χ1v) is 20.0. The minimum Gasteiger partial charge on any atom is -0.309 e. The molecular weight excluding hydrogens is 727 g/mol. The number of para-hydroxylation sites is 2. The zero-order chi connectivity index (χ0) is 38.6. The van der Waals surface area contributed by atoms with Crippen LogP contribution in [0.15, 0.2) is 188 Å². The minimum absolute atomic E-state index is 0.507. The van der Waals surface area contributed by atoms with Crippen LogP contribution in [0, 0.1) is 6.57 Å². The highest BCUT2D eigenvalue weighted by Gasteiger charge is 2.19. The van der Waals surface area contributed by atoms with E-state index in [0.717, 1.165) is 50.1 Å². The lowest BCUT2D eigenvalue weighted by molar-refractivity contribution is 1.07. The number of nitrogens with zero attached hydrogens (tertiary/aromatic N) is 5. The van der Waals surface area contributed by atoms with Crippen molar-refractivity contribution in [2.75, 3.05) is 0 Å². The first-order valence-electron chi connectivity index (χ1n) is 19.1. The third kappa shape index (κ3) is 5.64. The number of benzene rings is 8. The number of rotatable bonds is 6. The second kappa shape index (κ2) is 13.8. The summed E-state index contributed by atoms with van der Waals surface area (Å²) in [6.45, 7) is 7.72. The van der Waals surface area contributed by atoms with Crippen molar-refractivity contribution in [3.05, 3.63) is 199 Å². The normalized spacial score (nSPS) is 11.4. The van der Waals surface area contributed by atoms with E-state index >= 15 is 0 Å². The Hall–Kier alpha value is -7.72. The van der Waals surface area contributed by atoms with Crippen molar-refractivity contribution in [1.29, 1.82) is 0 Å². The van der Waals surface area contributed by atoms with Gasteiger partial charge >= 0.3 is 0 Å². The van der Waals surface area contributed by atoms with E-state index in [0.29, 0.717) is 23.2 Å². The van der Waals surface area contributed by atoms with Crippen LogP contribution in [0.4, 0.5) is 5.69 Å². The summed E-state index contributed by atoms with van der Waals surface area (Å²) in [6.07, 6.45) is 0. The summed E-state index contributed by atoms with van der Waals surface area (Å²) in [4.78, 5) is 19.2. The summed E-state index contributed by atoms with van der Waals surface area (Å²) in [7, 11) is 0. The Bertz CT molecular complexity index is 3370. The van der Waals surface area contributed by atoms with Crippen LogP contribution >= 0.6 is 11.3 Å². The molecule has 0 N–H and O–H groups in total. The van der Waals surface area contributed by atoms with Crippen molar-refractivity contribution in [3.63, 3.8) is 0 Å². The zero-order valence-electron chi connectivity index (χ0n) is 31.0. The predicted octanol–water partition coefficient (Wildman–Crippen LogP) is 14.2. The average molecular weight is 758 g/mol. The molecule has 0 bridgehead atoms. The molecule has 270 valence electrons. The van der Waals surface area contributed by atoms with Crippen molar-refractivity contribution in [3.8, 4) is 62.1 Å². The van der Waals surface area contributed by atoms with Gasteiger partial charge in [-0.25, -0.2) is 19.8 Å². The van der Waals surface area contributed by atoms with E-state index in [1.807, 2.05) is 35.6 Å². The molecule has 11 aromatic rings. The Kier molecular flexibility index (Phi) is 7.99. The molecule has 0 saturated heterocycles. The van der Waals surface area contributed by atoms with Gasteiger partial charge in [0.25, 0.3) is 0 Å². The lowest BCUT2D eigenvalue weighted by atomic mass is 10.00. The molecule has 0 aliphatic rings. The molecule has 0 unspecified atom stereocenters. The smallest absolute Gasteiger partial charge is 0.187 e. The van der Waals surface area contributed by atoms with Gasteiger partial charge in [0.05, 0.1) is 23.3 Å². The summed E-state index contributed by atoms with van der Waals surface area (Å²) >= 11 is 1.82. The fourth-order valence-corrected chi connectivity index (χ4v) is 9.42. The van der Waals surface area contributed by atoms with Gasteiger partial charge in [-0.15, -0.1) is 11.3 Å². The second-order valence-corrected chi connectivity index (χ2v) is 15.3. The maximum atomic E-state index is 7.72. The first kappa shape index (κ1) is 33.6. The van der Waals surface area contributed by atoms with Crippen LogP contribution in [0.3, 0.4) is 0 Å². The second-order valence-electron chi connectivity index (χ2n) is 14.3. The predicted molar refractivity (Wildman–Crippen MR) is 240 cm³/mol. The summed E-state index contributed by atoms with van der Waals surface area (Å²) in [5, 5.41) is 4.91. The number of fused-ring (bicyclic) bond motifs is 6. The number of hydrogen-bond donors (Lipinski definition) is 0. The van der Waals surface area contributed by atoms with Crippen molar-refractivity contribution in [2.45, 2.75) is 0 Å². The van der Waals surface area contributed by atoms with Gasteiger partial charge < -0.3 is 4.57 Å². The highest BCUT2D eigenvalue weighted by molar-refractivity contribution is 7.26. The molecule has 0 spiro atoms. The summed E-state index contributed by atoms with van der Waals surface area (Å²) in [5.74, 6) is 1.61. The number of hydrogen-bond acceptors (Lipinski definition) is 4. The molecule has 5 nitrogen and oxygen atoms in total. The molecule has 0 saturated carbocycles. The number of aromatic nitrogens is 4. The summed E-state index contributed by atoms with van der Waals surface area (Å²) in [6, 6.07) is 65.3. The summed E-state index contributed by atoms with van der Waals surface area (Å²) in [5.41, 5.74) is 10.8. The highest BCUT2D eigenvalue weighted by Crippen LogP contribution is 2.41. The largest absolute Gasteiger partial charge is 0.309 e. The molecule has 0 amide bonds. The van der Waals surface area contributed by atoms with Crippen molar-refractivity contribution >= 4 is 59.0 Å². The van der Waals surface area contributed by atoms with E-state index in [4.69, 9.17) is 21.5 Å². The molecule has 0 aliphatic heterocycles. The van der Waals surface area contributed by atoms with Gasteiger partial charge in [-0.3, -0.25) is 0 Å². The van der Waals surface area contributed by atoms with Gasteiger partial charge in [-0.2, -0.15) is 0 Å².